The number of halogens is 1. The summed E-state index contributed by atoms with van der Waals surface area (Å²) in [5.74, 6) is 0.442. The zero-order valence-electron chi connectivity index (χ0n) is 11.2. The Morgan fingerprint density at radius 2 is 2.05 bits per heavy atom. The predicted octanol–water partition coefficient (Wildman–Crippen LogP) is 2.98. The van der Waals surface area contributed by atoms with Gasteiger partial charge in [-0.05, 0) is 36.1 Å². The van der Waals surface area contributed by atoms with Crippen molar-refractivity contribution in [3.05, 3.63) is 45.3 Å². The first kappa shape index (κ1) is 14.1. The lowest BCUT2D eigenvalue weighted by molar-refractivity contribution is 0.525. The molecular weight excluding hydrogens is 262 g/mol. The smallest absolute Gasteiger partial charge is 0.341 e. The fourth-order valence-electron chi connectivity index (χ4n) is 2.57. The van der Waals surface area contributed by atoms with E-state index in [1.807, 2.05) is 6.07 Å². The first-order valence-electron chi connectivity index (χ1n) is 6.46. The fourth-order valence-corrected chi connectivity index (χ4v) is 2.57. The molecule has 0 bridgehead atoms. The summed E-state index contributed by atoms with van der Waals surface area (Å²) in [6, 6.07) is 6.23. The highest BCUT2D eigenvalue weighted by Crippen LogP contribution is 2.26. The Balaban J connectivity index is 0.00000133. The molecule has 0 amide bonds. The summed E-state index contributed by atoms with van der Waals surface area (Å²) in [5.41, 5.74) is 3.71. The second-order valence-corrected chi connectivity index (χ2v) is 5.18. The molecule has 0 saturated carbocycles. The van der Waals surface area contributed by atoms with Crippen molar-refractivity contribution in [3.63, 3.8) is 0 Å². The molecule has 0 unspecified atom stereocenters. The molecule has 3 rings (SSSR count). The molecule has 0 spiro atoms. The number of benzene rings is 1. The molecule has 3 nitrogen and oxygen atoms in total. The molecule has 19 heavy (non-hydrogen) atoms. The molecule has 1 N–H and O–H groups in total. The van der Waals surface area contributed by atoms with E-state index in [0.29, 0.717) is 12.5 Å². The molecule has 0 atom stereocenters. The Morgan fingerprint density at radius 1 is 1.26 bits per heavy atom. The van der Waals surface area contributed by atoms with E-state index < -0.39 is 0 Å². The second-order valence-electron chi connectivity index (χ2n) is 5.18. The van der Waals surface area contributed by atoms with Crippen LogP contribution in [0.4, 0.5) is 0 Å². The lowest BCUT2D eigenvalue weighted by atomic mass is 9.96. The minimum atomic E-state index is -0.189. The third-order valence-electron chi connectivity index (χ3n) is 3.66. The fraction of sp³-hybridized carbons (Fsp3) is 0.400. The van der Waals surface area contributed by atoms with Gasteiger partial charge >= 0.3 is 5.63 Å². The van der Waals surface area contributed by atoms with E-state index >= 15 is 0 Å². The number of nitrogens with one attached hydrogen (secondary N) is 1. The maximum absolute atomic E-state index is 12.0. The van der Waals surface area contributed by atoms with Crippen molar-refractivity contribution in [2.45, 2.75) is 32.7 Å². The van der Waals surface area contributed by atoms with Gasteiger partial charge in [0.25, 0.3) is 0 Å². The molecule has 0 fully saturated rings. The Labute approximate surface area is 118 Å². The van der Waals surface area contributed by atoms with Crippen LogP contribution in [0.25, 0.3) is 11.0 Å². The van der Waals surface area contributed by atoms with Gasteiger partial charge in [-0.2, -0.15) is 0 Å². The van der Waals surface area contributed by atoms with Gasteiger partial charge in [-0.1, -0.05) is 26.0 Å². The van der Waals surface area contributed by atoms with Gasteiger partial charge in [-0.25, -0.2) is 4.79 Å². The van der Waals surface area contributed by atoms with Gasteiger partial charge in [0.05, 0.1) is 5.56 Å². The van der Waals surface area contributed by atoms with Gasteiger partial charge in [0.1, 0.15) is 5.58 Å². The van der Waals surface area contributed by atoms with Gasteiger partial charge in [0.15, 0.2) is 0 Å². The van der Waals surface area contributed by atoms with Gasteiger partial charge < -0.3 is 9.73 Å². The Bertz CT molecular complexity index is 661. The van der Waals surface area contributed by atoms with Gasteiger partial charge in [0, 0.05) is 11.9 Å². The minimum absolute atomic E-state index is 0. The number of hydrogen-bond donors (Lipinski definition) is 1. The van der Waals surface area contributed by atoms with Crippen LogP contribution in [0.5, 0.6) is 0 Å². The molecule has 1 aliphatic heterocycles. The number of rotatable bonds is 1. The monoisotopic (exact) mass is 279 g/mol. The average Bonchev–Trinajstić information content (AvgIpc) is 2.38. The molecular formula is C15H18ClNO2. The number of fused-ring (bicyclic) bond motifs is 3. The van der Waals surface area contributed by atoms with Crippen molar-refractivity contribution in [2.75, 3.05) is 6.54 Å². The van der Waals surface area contributed by atoms with Crippen LogP contribution in [0.1, 0.15) is 36.5 Å². The summed E-state index contributed by atoms with van der Waals surface area (Å²) in [5, 5.41) is 4.31. The SMILES string of the molecule is CC(C)c1ccc2c3c(c(=O)oc2c1)CNCC3.Cl. The van der Waals surface area contributed by atoms with Crippen LogP contribution in [0.15, 0.2) is 27.4 Å². The first-order chi connectivity index (χ1) is 8.66. The molecule has 0 saturated heterocycles. The molecule has 4 heteroatoms. The van der Waals surface area contributed by atoms with Gasteiger partial charge in [-0.3, -0.25) is 0 Å². The van der Waals surface area contributed by atoms with Crippen molar-refractivity contribution >= 4 is 23.4 Å². The largest absolute Gasteiger partial charge is 0.422 e. The van der Waals surface area contributed by atoms with Crippen LogP contribution in [0.2, 0.25) is 0 Å². The summed E-state index contributed by atoms with van der Waals surface area (Å²) < 4.78 is 5.46. The lowest BCUT2D eigenvalue weighted by Gasteiger charge is -2.17. The summed E-state index contributed by atoms with van der Waals surface area (Å²) in [7, 11) is 0. The third-order valence-corrected chi connectivity index (χ3v) is 3.66. The zero-order chi connectivity index (χ0) is 12.7. The molecule has 1 aromatic heterocycles. The molecule has 1 aromatic carbocycles. The van der Waals surface area contributed by atoms with E-state index in [1.165, 1.54) is 5.56 Å². The molecule has 2 heterocycles. The molecule has 1 aliphatic rings. The van der Waals surface area contributed by atoms with Crippen LogP contribution in [-0.2, 0) is 13.0 Å². The lowest BCUT2D eigenvalue weighted by Crippen LogP contribution is -2.29. The molecule has 0 radical (unpaired) electrons. The van der Waals surface area contributed by atoms with E-state index in [1.54, 1.807) is 0 Å². The van der Waals surface area contributed by atoms with E-state index in [4.69, 9.17) is 4.42 Å². The highest BCUT2D eigenvalue weighted by molar-refractivity contribution is 5.85. The van der Waals surface area contributed by atoms with Crippen LogP contribution in [0.3, 0.4) is 0 Å². The average molecular weight is 280 g/mol. The van der Waals surface area contributed by atoms with E-state index in [2.05, 4.69) is 31.3 Å². The van der Waals surface area contributed by atoms with E-state index in [0.717, 1.165) is 35.1 Å². The third kappa shape index (κ3) is 2.40. The standard InChI is InChI=1S/C15H17NO2.ClH/c1-9(2)10-3-4-12-11-5-6-16-8-13(11)15(17)18-14(12)7-10;/h3-4,7,9,16H,5-6,8H2,1-2H3;1H. The minimum Gasteiger partial charge on any atom is -0.422 e. The van der Waals surface area contributed by atoms with Crippen LogP contribution in [-0.4, -0.2) is 6.54 Å². The summed E-state index contributed by atoms with van der Waals surface area (Å²) in [4.78, 5) is 12.0. The second kappa shape index (κ2) is 5.35. The van der Waals surface area contributed by atoms with Crippen molar-refractivity contribution in [3.8, 4) is 0 Å². The Hall–Kier alpha value is -1.32. The van der Waals surface area contributed by atoms with Crippen LogP contribution < -0.4 is 10.9 Å². The normalized spacial score (nSPS) is 14.3. The number of hydrogen-bond acceptors (Lipinski definition) is 3. The quantitative estimate of drug-likeness (QED) is 0.816. The van der Waals surface area contributed by atoms with Crippen LogP contribution >= 0.6 is 12.4 Å². The Kier molecular flexibility index (Phi) is 3.97. The van der Waals surface area contributed by atoms with Gasteiger partial charge in [-0.15, -0.1) is 12.4 Å². The highest BCUT2D eigenvalue weighted by atomic mass is 35.5. The van der Waals surface area contributed by atoms with E-state index in [-0.39, 0.29) is 18.0 Å². The van der Waals surface area contributed by atoms with Crippen molar-refractivity contribution in [1.29, 1.82) is 0 Å². The summed E-state index contributed by atoms with van der Waals surface area (Å²) in [6.45, 7) is 5.83. The molecule has 2 aromatic rings. The summed E-state index contributed by atoms with van der Waals surface area (Å²) in [6.07, 6.45) is 0.901. The zero-order valence-corrected chi connectivity index (χ0v) is 12.0. The Morgan fingerprint density at radius 3 is 2.79 bits per heavy atom. The predicted molar refractivity (Wildman–Crippen MR) is 79.2 cm³/mol. The maximum Gasteiger partial charge on any atom is 0.341 e. The van der Waals surface area contributed by atoms with Crippen molar-refractivity contribution < 1.29 is 4.42 Å². The van der Waals surface area contributed by atoms with Gasteiger partial charge in [0.2, 0.25) is 0 Å². The highest BCUT2D eigenvalue weighted by Gasteiger charge is 2.17. The first-order valence-corrected chi connectivity index (χ1v) is 6.46. The van der Waals surface area contributed by atoms with E-state index in [9.17, 15) is 4.79 Å². The maximum atomic E-state index is 12.0. The van der Waals surface area contributed by atoms with Crippen molar-refractivity contribution in [1.82, 2.24) is 5.32 Å². The summed E-state index contributed by atoms with van der Waals surface area (Å²) >= 11 is 0. The van der Waals surface area contributed by atoms with Crippen molar-refractivity contribution in [2.24, 2.45) is 0 Å². The molecule has 0 aliphatic carbocycles. The topological polar surface area (TPSA) is 42.2 Å². The van der Waals surface area contributed by atoms with Crippen LogP contribution in [0, 0.1) is 0 Å². The molecule has 102 valence electrons.